The van der Waals surface area contributed by atoms with Gasteiger partial charge in [0.25, 0.3) is 0 Å². The molecule has 0 saturated carbocycles. The van der Waals surface area contributed by atoms with Crippen LogP contribution < -0.4 is 0 Å². The van der Waals surface area contributed by atoms with Crippen LogP contribution in [-0.4, -0.2) is 34.4 Å². The summed E-state index contributed by atoms with van der Waals surface area (Å²) < 4.78 is 4.77. The largest absolute Gasteiger partial charge is 0.478 e. The summed E-state index contributed by atoms with van der Waals surface area (Å²) in [5.41, 5.74) is 0. The third kappa shape index (κ3) is 5.31. The van der Waals surface area contributed by atoms with E-state index in [0.717, 1.165) is 6.08 Å². The minimum Gasteiger partial charge on any atom is -0.478 e. The van der Waals surface area contributed by atoms with Crippen molar-refractivity contribution in [3.63, 3.8) is 0 Å². The second-order valence-electron chi connectivity index (χ2n) is 2.80. The zero-order chi connectivity index (χ0) is 11.1. The molecule has 0 aromatic rings. The molecule has 2 unspecified atom stereocenters. The predicted octanol–water partition coefficient (Wildman–Crippen LogP) is 0.330. The molecule has 0 aliphatic carbocycles. The van der Waals surface area contributed by atoms with Gasteiger partial charge in [0.05, 0.1) is 6.10 Å². The quantitative estimate of drug-likeness (QED) is 0.495. The van der Waals surface area contributed by atoms with Gasteiger partial charge in [-0.05, 0) is 13.3 Å². The Hall–Kier alpha value is -1.36. The molecule has 14 heavy (non-hydrogen) atoms. The van der Waals surface area contributed by atoms with E-state index in [1.807, 2.05) is 0 Å². The molecule has 0 rings (SSSR count). The molecule has 5 nitrogen and oxygen atoms in total. The van der Waals surface area contributed by atoms with E-state index in [1.54, 1.807) is 6.92 Å². The number of carbonyl (C=O) groups is 2. The summed E-state index contributed by atoms with van der Waals surface area (Å²) >= 11 is 0. The van der Waals surface area contributed by atoms with E-state index in [-0.39, 0.29) is 0 Å². The van der Waals surface area contributed by atoms with Crippen molar-refractivity contribution >= 4 is 11.9 Å². The molecule has 0 aromatic heterocycles. The first-order valence-electron chi connectivity index (χ1n) is 4.27. The molecule has 5 heteroatoms. The fraction of sp³-hybridized carbons (Fsp3) is 0.556. The third-order valence-corrected chi connectivity index (χ3v) is 1.57. The fourth-order valence-electron chi connectivity index (χ4n) is 0.851. The Labute approximate surface area is 82.0 Å². The maximum atomic E-state index is 10.9. The molecule has 0 heterocycles. The Morgan fingerprint density at radius 2 is 2.00 bits per heavy atom. The molecule has 0 aliphatic rings. The minimum atomic E-state index is -1.22. The van der Waals surface area contributed by atoms with Gasteiger partial charge in [-0.1, -0.05) is 6.92 Å². The molecule has 2 atom stereocenters. The van der Waals surface area contributed by atoms with E-state index >= 15 is 0 Å². The summed E-state index contributed by atoms with van der Waals surface area (Å²) in [5.74, 6) is -1.98. The van der Waals surface area contributed by atoms with Gasteiger partial charge in [-0.3, -0.25) is 0 Å². The predicted molar refractivity (Wildman–Crippen MR) is 48.6 cm³/mol. The van der Waals surface area contributed by atoms with Gasteiger partial charge in [0.1, 0.15) is 6.10 Å². The number of carbonyl (C=O) groups excluding carboxylic acids is 1. The second kappa shape index (κ2) is 6.15. The summed E-state index contributed by atoms with van der Waals surface area (Å²) in [6.45, 7) is 3.26. The number of aliphatic carboxylic acids is 1. The van der Waals surface area contributed by atoms with Gasteiger partial charge in [-0.2, -0.15) is 0 Å². The van der Waals surface area contributed by atoms with Crippen LogP contribution in [0.2, 0.25) is 0 Å². The zero-order valence-electron chi connectivity index (χ0n) is 8.14. The van der Waals surface area contributed by atoms with Crippen LogP contribution in [0.1, 0.15) is 20.3 Å². The molecule has 0 spiro atoms. The third-order valence-electron chi connectivity index (χ3n) is 1.57. The Bertz CT molecular complexity index is 231. The molecule has 0 bridgehead atoms. The summed E-state index contributed by atoms with van der Waals surface area (Å²) in [6, 6.07) is 0. The van der Waals surface area contributed by atoms with Crippen molar-refractivity contribution in [3.05, 3.63) is 12.2 Å². The van der Waals surface area contributed by atoms with Crippen LogP contribution in [0.25, 0.3) is 0 Å². The highest BCUT2D eigenvalue weighted by Crippen LogP contribution is 2.04. The van der Waals surface area contributed by atoms with Gasteiger partial charge >= 0.3 is 11.9 Å². The molecule has 0 fully saturated rings. The van der Waals surface area contributed by atoms with Crippen LogP contribution >= 0.6 is 0 Å². The summed E-state index contributed by atoms with van der Waals surface area (Å²) in [5, 5.41) is 17.3. The van der Waals surface area contributed by atoms with Crippen molar-refractivity contribution in [3.8, 4) is 0 Å². The van der Waals surface area contributed by atoms with E-state index in [2.05, 4.69) is 0 Å². The molecular weight excluding hydrogens is 188 g/mol. The van der Waals surface area contributed by atoms with Gasteiger partial charge in [-0.15, -0.1) is 0 Å². The Kier molecular flexibility index (Phi) is 5.55. The van der Waals surface area contributed by atoms with Crippen LogP contribution in [0.5, 0.6) is 0 Å². The van der Waals surface area contributed by atoms with E-state index in [9.17, 15) is 9.59 Å². The van der Waals surface area contributed by atoms with Crippen molar-refractivity contribution in [2.75, 3.05) is 0 Å². The Morgan fingerprint density at radius 3 is 2.36 bits per heavy atom. The van der Waals surface area contributed by atoms with Crippen LogP contribution in [0.3, 0.4) is 0 Å². The number of carboxylic acid groups (broad SMARTS) is 1. The summed E-state index contributed by atoms with van der Waals surface area (Å²) in [6.07, 6.45) is 0.623. The number of aliphatic hydroxyl groups is 1. The lowest BCUT2D eigenvalue weighted by Gasteiger charge is -2.17. The number of hydrogen-bond acceptors (Lipinski definition) is 4. The van der Waals surface area contributed by atoms with E-state index in [1.165, 1.54) is 6.92 Å². The van der Waals surface area contributed by atoms with Crippen LogP contribution in [-0.2, 0) is 14.3 Å². The van der Waals surface area contributed by atoms with Crippen LogP contribution in [0, 0.1) is 0 Å². The SMILES string of the molecule is CCC(OC(=O)C=CC(=O)O)C(C)O. The van der Waals surface area contributed by atoms with Gasteiger partial charge < -0.3 is 14.9 Å². The number of rotatable bonds is 5. The minimum absolute atomic E-state index is 0.477. The van der Waals surface area contributed by atoms with Crippen molar-refractivity contribution in [2.24, 2.45) is 0 Å². The fourth-order valence-corrected chi connectivity index (χ4v) is 0.851. The van der Waals surface area contributed by atoms with E-state index in [4.69, 9.17) is 14.9 Å². The van der Waals surface area contributed by atoms with Crippen molar-refractivity contribution in [2.45, 2.75) is 32.5 Å². The molecule has 80 valence electrons. The van der Waals surface area contributed by atoms with E-state index in [0.29, 0.717) is 12.5 Å². The normalized spacial score (nSPS) is 15.1. The average Bonchev–Trinajstić information content (AvgIpc) is 2.10. The maximum absolute atomic E-state index is 10.9. The summed E-state index contributed by atoms with van der Waals surface area (Å²) in [4.78, 5) is 21.0. The Balaban J connectivity index is 4.10. The molecule has 0 aliphatic heterocycles. The zero-order valence-corrected chi connectivity index (χ0v) is 8.14. The summed E-state index contributed by atoms with van der Waals surface area (Å²) in [7, 11) is 0. The van der Waals surface area contributed by atoms with Crippen molar-refractivity contribution < 1.29 is 24.5 Å². The van der Waals surface area contributed by atoms with E-state index < -0.39 is 24.1 Å². The second-order valence-corrected chi connectivity index (χ2v) is 2.80. The lowest BCUT2D eigenvalue weighted by atomic mass is 10.2. The Morgan fingerprint density at radius 1 is 1.43 bits per heavy atom. The number of aliphatic hydroxyl groups excluding tert-OH is 1. The number of hydrogen-bond donors (Lipinski definition) is 2. The number of esters is 1. The highest BCUT2D eigenvalue weighted by molar-refractivity contribution is 5.90. The van der Waals surface area contributed by atoms with Gasteiger partial charge in [0, 0.05) is 12.2 Å². The highest BCUT2D eigenvalue weighted by atomic mass is 16.6. The van der Waals surface area contributed by atoms with Crippen molar-refractivity contribution in [1.82, 2.24) is 0 Å². The number of carboxylic acids is 1. The molecule has 0 saturated heterocycles. The van der Waals surface area contributed by atoms with Crippen LogP contribution in [0.15, 0.2) is 12.2 Å². The molecule has 0 aromatic carbocycles. The first-order valence-corrected chi connectivity index (χ1v) is 4.27. The average molecular weight is 202 g/mol. The first kappa shape index (κ1) is 12.6. The molecular formula is C9H14O5. The van der Waals surface area contributed by atoms with Crippen molar-refractivity contribution in [1.29, 1.82) is 0 Å². The maximum Gasteiger partial charge on any atom is 0.331 e. The lowest BCUT2D eigenvalue weighted by molar-refractivity contribution is -0.148. The molecule has 0 radical (unpaired) electrons. The van der Waals surface area contributed by atoms with Crippen LogP contribution in [0.4, 0.5) is 0 Å². The smallest absolute Gasteiger partial charge is 0.331 e. The lowest BCUT2D eigenvalue weighted by Crippen LogP contribution is -2.27. The first-order chi connectivity index (χ1) is 6.47. The monoisotopic (exact) mass is 202 g/mol. The van der Waals surface area contributed by atoms with Gasteiger partial charge in [-0.25, -0.2) is 9.59 Å². The van der Waals surface area contributed by atoms with Gasteiger partial charge in [0.15, 0.2) is 0 Å². The number of ether oxygens (including phenoxy) is 1. The topological polar surface area (TPSA) is 83.8 Å². The standard InChI is InChI=1S/C9H14O5/c1-3-7(6(2)10)14-9(13)5-4-8(11)12/h4-7,10H,3H2,1-2H3,(H,11,12). The molecule has 0 amide bonds. The highest BCUT2D eigenvalue weighted by Gasteiger charge is 2.16. The van der Waals surface area contributed by atoms with Gasteiger partial charge in [0.2, 0.25) is 0 Å². The molecule has 2 N–H and O–H groups in total.